The molecule has 2 nitrogen and oxygen atoms in total. The largest absolute Gasteiger partial charge is 0.497 e. The Morgan fingerprint density at radius 2 is 1.77 bits per heavy atom. The van der Waals surface area contributed by atoms with Crippen LogP contribution < -0.4 is 9.64 Å². The number of methoxy groups -OCH3 is 1. The molecule has 0 fully saturated rings. The summed E-state index contributed by atoms with van der Waals surface area (Å²) in [5.41, 5.74) is 4.50. The molecule has 0 aliphatic carbocycles. The van der Waals surface area contributed by atoms with E-state index in [1.54, 1.807) is 23.1 Å². The van der Waals surface area contributed by atoms with Gasteiger partial charge in [-0.15, -0.1) is 0 Å². The zero-order chi connectivity index (χ0) is 15.4. The summed E-state index contributed by atoms with van der Waals surface area (Å²) in [6, 6.07) is 18.1. The Kier molecular flexibility index (Phi) is 4.79. The smallest absolute Gasteiger partial charge is 0.118 e. The molecule has 1 unspecified atom stereocenters. The van der Waals surface area contributed by atoms with Gasteiger partial charge in [-0.2, -0.15) is 0 Å². The lowest BCUT2D eigenvalue weighted by Gasteiger charge is -2.31. The standard InChI is InChI=1S/C20H25NO/c1-16(7-8-17-9-11-20(22-2)12-10-17)21-14-13-18-5-3-4-6-19(18)15-21/h3-6,9-12,16H,7-8,13-15H2,1-2H3/p+1/t16-/m0/s1. The van der Waals surface area contributed by atoms with E-state index in [4.69, 9.17) is 4.74 Å². The Bertz CT molecular complexity index is 605. The molecule has 1 aliphatic heterocycles. The Balaban J connectivity index is 1.55. The van der Waals surface area contributed by atoms with Crippen LogP contribution in [0.25, 0.3) is 0 Å². The number of aryl methyl sites for hydroxylation is 1. The average molecular weight is 296 g/mol. The van der Waals surface area contributed by atoms with Crippen molar-refractivity contribution in [2.24, 2.45) is 0 Å². The lowest BCUT2D eigenvalue weighted by molar-refractivity contribution is -0.939. The Hall–Kier alpha value is -1.80. The number of nitrogens with one attached hydrogen (secondary N) is 1. The SMILES string of the molecule is COc1ccc(CC[C@H](C)[NH+]2CCc3ccccc3C2)cc1. The van der Waals surface area contributed by atoms with E-state index in [9.17, 15) is 0 Å². The molecule has 0 amide bonds. The van der Waals surface area contributed by atoms with E-state index in [1.165, 1.54) is 31.5 Å². The molecule has 2 heteroatoms. The summed E-state index contributed by atoms with van der Waals surface area (Å²) in [6.07, 6.45) is 3.61. The van der Waals surface area contributed by atoms with Crippen LogP contribution >= 0.6 is 0 Å². The van der Waals surface area contributed by atoms with Crippen LogP contribution in [-0.4, -0.2) is 19.7 Å². The molecule has 0 spiro atoms. The predicted molar refractivity (Wildman–Crippen MR) is 90.5 cm³/mol. The fourth-order valence-electron chi connectivity index (χ4n) is 3.40. The molecule has 0 radical (unpaired) electrons. The van der Waals surface area contributed by atoms with Gasteiger partial charge in [0.2, 0.25) is 0 Å². The Morgan fingerprint density at radius 3 is 2.50 bits per heavy atom. The van der Waals surface area contributed by atoms with E-state index in [1.807, 2.05) is 0 Å². The highest BCUT2D eigenvalue weighted by Crippen LogP contribution is 2.14. The zero-order valence-electron chi connectivity index (χ0n) is 13.6. The number of benzene rings is 2. The minimum absolute atomic E-state index is 0.704. The minimum Gasteiger partial charge on any atom is -0.497 e. The van der Waals surface area contributed by atoms with Gasteiger partial charge in [-0.05, 0) is 36.6 Å². The van der Waals surface area contributed by atoms with Gasteiger partial charge in [0, 0.05) is 18.4 Å². The zero-order valence-corrected chi connectivity index (χ0v) is 13.6. The highest BCUT2D eigenvalue weighted by atomic mass is 16.5. The van der Waals surface area contributed by atoms with Crippen LogP contribution in [0.3, 0.4) is 0 Å². The van der Waals surface area contributed by atoms with Gasteiger partial charge in [0.25, 0.3) is 0 Å². The van der Waals surface area contributed by atoms with Crippen molar-refractivity contribution in [2.75, 3.05) is 13.7 Å². The van der Waals surface area contributed by atoms with E-state index in [0.717, 1.165) is 12.2 Å². The first-order chi connectivity index (χ1) is 10.8. The summed E-state index contributed by atoms with van der Waals surface area (Å²) in [6.45, 7) is 4.84. The second-order valence-electron chi connectivity index (χ2n) is 6.39. The van der Waals surface area contributed by atoms with Crippen molar-refractivity contribution in [1.29, 1.82) is 0 Å². The predicted octanol–water partition coefficient (Wildman–Crippen LogP) is 2.66. The molecule has 2 aromatic carbocycles. The third-order valence-corrected chi connectivity index (χ3v) is 4.97. The molecule has 2 atom stereocenters. The van der Waals surface area contributed by atoms with E-state index in [-0.39, 0.29) is 0 Å². The fourth-order valence-corrected chi connectivity index (χ4v) is 3.40. The van der Waals surface area contributed by atoms with Crippen molar-refractivity contribution in [3.8, 4) is 5.75 Å². The second-order valence-corrected chi connectivity index (χ2v) is 6.39. The number of fused-ring (bicyclic) bond motifs is 1. The molecule has 22 heavy (non-hydrogen) atoms. The third kappa shape index (κ3) is 3.50. The average Bonchev–Trinajstić information content (AvgIpc) is 2.59. The van der Waals surface area contributed by atoms with Crippen LogP contribution in [0.1, 0.15) is 30.0 Å². The maximum atomic E-state index is 5.22. The molecule has 116 valence electrons. The molecule has 1 aliphatic rings. The molecule has 0 bridgehead atoms. The fraction of sp³-hybridized carbons (Fsp3) is 0.400. The normalized spacial score (nSPS) is 18.5. The van der Waals surface area contributed by atoms with Crippen LogP contribution in [0.4, 0.5) is 0 Å². The van der Waals surface area contributed by atoms with Gasteiger partial charge in [-0.3, -0.25) is 0 Å². The Morgan fingerprint density at radius 1 is 1.05 bits per heavy atom. The van der Waals surface area contributed by atoms with Gasteiger partial charge in [0.1, 0.15) is 12.3 Å². The first-order valence-corrected chi connectivity index (χ1v) is 8.30. The first kappa shape index (κ1) is 15.1. The summed E-state index contributed by atoms with van der Waals surface area (Å²) in [7, 11) is 1.72. The van der Waals surface area contributed by atoms with E-state index in [0.29, 0.717) is 6.04 Å². The van der Waals surface area contributed by atoms with Gasteiger partial charge in [-0.1, -0.05) is 36.4 Å². The highest BCUT2D eigenvalue weighted by Gasteiger charge is 2.23. The van der Waals surface area contributed by atoms with Crippen molar-refractivity contribution in [2.45, 2.75) is 38.8 Å². The molecule has 0 saturated heterocycles. The maximum Gasteiger partial charge on any atom is 0.118 e. The van der Waals surface area contributed by atoms with Gasteiger partial charge in [0.05, 0.1) is 19.7 Å². The van der Waals surface area contributed by atoms with Gasteiger partial charge in [-0.25, -0.2) is 0 Å². The van der Waals surface area contributed by atoms with Gasteiger partial charge >= 0.3 is 0 Å². The van der Waals surface area contributed by atoms with Crippen molar-refractivity contribution in [1.82, 2.24) is 0 Å². The highest BCUT2D eigenvalue weighted by molar-refractivity contribution is 5.28. The van der Waals surface area contributed by atoms with Crippen molar-refractivity contribution in [3.05, 3.63) is 65.2 Å². The molecule has 0 aromatic heterocycles. The topological polar surface area (TPSA) is 13.7 Å². The molecule has 1 heterocycles. The molecule has 2 aromatic rings. The number of rotatable bonds is 5. The number of hydrogen-bond acceptors (Lipinski definition) is 1. The molecule has 1 N–H and O–H groups in total. The molecular weight excluding hydrogens is 270 g/mol. The Labute approximate surface area is 133 Å². The van der Waals surface area contributed by atoms with Crippen molar-refractivity contribution >= 4 is 0 Å². The summed E-state index contributed by atoms with van der Waals surface area (Å²) >= 11 is 0. The van der Waals surface area contributed by atoms with Crippen molar-refractivity contribution < 1.29 is 9.64 Å². The monoisotopic (exact) mass is 296 g/mol. The number of hydrogen-bond donors (Lipinski definition) is 1. The van der Waals surface area contributed by atoms with Crippen LogP contribution in [0.2, 0.25) is 0 Å². The number of quaternary nitrogens is 1. The van der Waals surface area contributed by atoms with E-state index in [2.05, 4.69) is 55.5 Å². The summed E-state index contributed by atoms with van der Waals surface area (Å²) in [4.78, 5) is 1.73. The first-order valence-electron chi connectivity index (χ1n) is 8.30. The van der Waals surface area contributed by atoms with Crippen LogP contribution in [0, 0.1) is 0 Å². The second kappa shape index (κ2) is 6.97. The van der Waals surface area contributed by atoms with Gasteiger partial charge in [0.15, 0.2) is 0 Å². The number of ether oxygens (including phenoxy) is 1. The molecular formula is C20H26NO+. The molecule has 3 rings (SSSR count). The van der Waals surface area contributed by atoms with Crippen LogP contribution in [-0.2, 0) is 19.4 Å². The lowest BCUT2D eigenvalue weighted by Crippen LogP contribution is -3.15. The van der Waals surface area contributed by atoms with E-state index >= 15 is 0 Å². The maximum absolute atomic E-state index is 5.22. The molecule has 0 saturated carbocycles. The summed E-state index contributed by atoms with van der Waals surface area (Å²) in [5.74, 6) is 0.940. The minimum atomic E-state index is 0.704. The van der Waals surface area contributed by atoms with Crippen LogP contribution in [0.15, 0.2) is 48.5 Å². The third-order valence-electron chi connectivity index (χ3n) is 4.97. The van der Waals surface area contributed by atoms with Crippen LogP contribution in [0.5, 0.6) is 5.75 Å². The lowest BCUT2D eigenvalue weighted by atomic mass is 9.97. The summed E-state index contributed by atoms with van der Waals surface area (Å²) in [5, 5.41) is 0. The summed E-state index contributed by atoms with van der Waals surface area (Å²) < 4.78 is 5.22. The van der Waals surface area contributed by atoms with Crippen molar-refractivity contribution in [3.63, 3.8) is 0 Å². The quantitative estimate of drug-likeness (QED) is 0.895. The van der Waals surface area contributed by atoms with E-state index < -0.39 is 0 Å². The van der Waals surface area contributed by atoms with Gasteiger partial charge < -0.3 is 9.64 Å².